The highest BCUT2D eigenvalue weighted by atomic mass is 19.1. The average Bonchev–Trinajstić information content (AvgIpc) is 3.52. The molecule has 0 N–H and O–H groups in total. The van der Waals surface area contributed by atoms with E-state index >= 15 is 0 Å². The Kier molecular flexibility index (Phi) is 4.57. The lowest BCUT2D eigenvalue weighted by Crippen LogP contribution is -2.62. The van der Waals surface area contributed by atoms with Gasteiger partial charge in [-0.15, -0.1) is 0 Å². The molecule has 160 valence electrons. The van der Waals surface area contributed by atoms with Gasteiger partial charge in [0.2, 0.25) is 5.91 Å². The van der Waals surface area contributed by atoms with E-state index in [1.54, 1.807) is 6.07 Å². The number of hydrogen-bond acceptors (Lipinski definition) is 4. The predicted molar refractivity (Wildman–Crippen MR) is 113 cm³/mol. The standard InChI is InChI=1S/C25H25FN2O3/c1-14-7-17(19-6-5-18(26)11-27-19)8-15(2)22(14)23-20(29)9-25(10-21(23)30)12-28(13-25)24(31)16-3-4-16/h5-8,11,16,23H,3-4,9-10,12-13H2,1-2H3. The highest BCUT2D eigenvalue weighted by Gasteiger charge is 2.54. The van der Waals surface area contributed by atoms with Crippen molar-refractivity contribution in [2.75, 3.05) is 13.1 Å². The Balaban J connectivity index is 1.37. The van der Waals surface area contributed by atoms with Gasteiger partial charge in [0.1, 0.15) is 23.3 Å². The number of benzene rings is 1. The predicted octanol–water partition coefficient (Wildman–Crippen LogP) is 3.76. The van der Waals surface area contributed by atoms with Crippen LogP contribution in [0.5, 0.6) is 0 Å². The maximum absolute atomic E-state index is 13.2. The molecule has 0 radical (unpaired) electrons. The average molecular weight is 420 g/mol. The summed E-state index contributed by atoms with van der Waals surface area (Å²) in [5, 5.41) is 0. The van der Waals surface area contributed by atoms with E-state index in [1.807, 2.05) is 30.9 Å². The summed E-state index contributed by atoms with van der Waals surface area (Å²) in [4.78, 5) is 44.5. The molecule has 2 heterocycles. The molecule has 3 fully saturated rings. The largest absolute Gasteiger partial charge is 0.341 e. The first kappa shape index (κ1) is 20.0. The van der Waals surface area contributed by atoms with Crippen LogP contribution < -0.4 is 0 Å². The van der Waals surface area contributed by atoms with Gasteiger partial charge in [0.05, 0.1) is 11.9 Å². The lowest BCUT2D eigenvalue weighted by Gasteiger charge is -2.52. The summed E-state index contributed by atoms with van der Waals surface area (Å²) in [7, 11) is 0. The van der Waals surface area contributed by atoms with E-state index in [-0.39, 0.29) is 28.8 Å². The molecule has 2 aromatic rings. The monoisotopic (exact) mass is 420 g/mol. The number of amides is 1. The number of ketones is 2. The van der Waals surface area contributed by atoms with Crippen molar-refractivity contribution in [3.8, 4) is 11.3 Å². The number of halogens is 1. The molecular formula is C25H25FN2O3. The number of carbonyl (C=O) groups excluding carboxylic acids is 3. The van der Waals surface area contributed by atoms with Gasteiger partial charge in [-0.3, -0.25) is 19.4 Å². The topological polar surface area (TPSA) is 67.3 Å². The number of pyridine rings is 1. The molecule has 5 nitrogen and oxygen atoms in total. The van der Waals surface area contributed by atoms with E-state index in [9.17, 15) is 18.8 Å². The molecule has 2 aliphatic carbocycles. The number of Topliss-reactive ketones (excluding diaryl/α,β-unsaturated/α-hetero) is 2. The molecule has 6 heteroatoms. The van der Waals surface area contributed by atoms with E-state index in [4.69, 9.17) is 0 Å². The Hall–Kier alpha value is -2.89. The van der Waals surface area contributed by atoms with Gasteiger partial charge in [-0.25, -0.2) is 4.39 Å². The fourth-order valence-corrected chi connectivity index (χ4v) is 5.36. The van der Waals surface area contributed by atoms with Crippen molar-refractivity contribution >= 4 is 17.5 Å². The molecular weight excluding hydrogens is 395 g/mol. The molecule has 0 bridgehead atoms. The summed E-state index contributed by atoms with van der Waals surface area (Å²) < 4.78 is 13.2. The van der Waals surface area contributed by atoms with Crippen LogP contribution in [-0.4, -0.2) is 40.4 Å². The molecule has 2 saturated carbocycles. The van der Waals surface area contributed by atoms with Gasteiger partial charge < -0.3 is 4.90 Å². The second-order valence-electron chi connectivity index (χ2n) is 9.57. The zero-order valence-electron chi connectivity index (χ0n) is 17.8. The minimum absolute atomic E-state index is 0.0476. The first-order chi connectivity index (χ1) is 14.8. The second-order valence-corrected chi connectivity index (χ2v) is 9.57. The van der Waals surface area contributed by atoms with Crippen LogP contribution in [0.2, 0.25) is 0 Å². The maximum Gasteiger partial charge on any atom is 0.225 e. The SMILES string of the molecule is Cc1cc(-c2ccc(F)cn2)cc(C)c1C1C(=O)CC2(CC1=O)CN(C(=O)C1CC1)C2. The number of aryl methyl sites for hydroxylation is 2. The number of aromatic nitrogens is 1. The Morgan fingerprint density at radius 1 is 1.06 bits per heavy atom. The third-order valence-corrected chi connectivity index (χ3v) is 6.94. The number of nitrogens with zero attached hydrogens (tertiary/aromatic N) is 2. The summed E-state index contributed by atoms with van der Waals surface area (Å²) in [5.74, 6) is -0.880. The van der Waals surface area contributed by atoms with Crippen molar-refractivity contribution in [2.45, 2.75) is 45.4 Å². The molecule has 5 rings (SSSR count). The van der Waals surface area contributed by atoms with Crippen LogP contribution >= 0.6 is 0 Å². The molecule has 1 amide bonds. The summed E-state index contributed by atoms with van der Waals surface area (Å²) in [6.07, 6.45) is 3.79. The number of likely N-dealkylation sites (tertiary alicyclic amines) is 1. The van der Waals surface area contributed by atoms with Gasteiger partial charge in [0.15, 0.2) is 0 Å². The normalized spacial score (nSPS) is 20.8. The van der Waals surface area contributed by atoms with E-state index < -0.39 is 11.7 Å². The summed E-state index contributed by atoms with van der Waals surface area (Å²) in [5.41, 5.74) is 3.62. The van der Waals surface area contributed by atoms with Crippen LogP contribution in [0.15, 0.2) is 30.5 Å². The fourth-order valence-electron chi connectivity index (χ4n) is 5.36. The first-order valence-electron chi connectivity index (χ1n) is 10.8. The zero-order chi connectivity index (χ0) is 21.9. The van der Waals surface area contributed by atoms with Gasteiger partial charge in [-0.05, 0) is 67.6 Å². The van der Waals surface area contributed by atoms with Crippen molar-refractivity contribution < 1.29 is 18.8 Å². The minimum Gasteiger partial charge on any atom is -0.341 e. The molecule has 1 saturated heterocycles. The van der Waals surface area contributed by atoms with Crippen molar-refractivity contribution in [1.82, 2.24) is 9.88 Å². The molecule has 1 aliphatic heterocycles. The van der Waals surface area contributed by atoms with Gasteiger partial charge in [-0.1, -0.05) is 0 Å². The fraction of sp³-hybridized carbons (Fsp3) is 0.440. The molecule has 0 unspecified atom stereocenters. The van der Waals surface area contributed by atoms with Gasteiger partial charge in [-0.2, -0.15) is 0 Å². The van der Waals surface area contributed by atoms with Crippen LogP contribution in [0.4, 0.5) is 4.39 Å². The van der Waals surface area contributed by atoms with E-state index in [2.05, 4.69) is 4.98 Å². The van der Waals surface area contributed by atoms with Crippen LogP contribution in [0.25, 0.3) is 11.3 Å². The van der Waals surface area contributed by atoms with Crippen LogP contribution in [0, 0.1) is 31.0 Å². The smallest absolute Gasteiger partial charge is 0.225 e. The Labute approximate surface area is 180 Å². The molecule has 3 aliphatic rings. The minimum atomic E-state index is -0.742. The van der Waals surface area contributed by atoms with Crippen molar-refractivity contribution in [1.29, 1.82) is 0 Å². The highest BCUT2D eigenvalue weighted by Crippen LogP contribution is 2.47. The van der Waals surface area contributed by atoms with Gasteiger partial charge in [0.25, 0.3) is 0 Å². The molecule has 31 heavy (non-hydrogen) atoms. The van der Waals surface area contributed by atoms with Crippen molar-refractivity contribution in [2.24, 2.45) is 11.3 Å². The number of rotatable bonds is 3. The third-order valence-electron chi connectivity index (χ3n) is 6.94. The third kappa shape index (κ3) is 3.48. The van der Waals surface area contributed by atoms with E-state index in [0.717, 1.165) is 35.1 Å². The Morgan fingerprint density at radius 2 is 1.68 bits per heavy atom. The van der Waals surface area contributed by atoms with Crippen molar-refractivity contribution in [3.63, 3.8) is 0 Å². The summed E-state index contributed by atoms with van der Waals surface area (Å²) in [6.45, 7) is 4.86. The lowest BCUT2D eigenvalue weighted by molar-refractivity contribution is -0.155. The zero-order valence-corrected chi connectivity index (χ0v) is 17.8. The lowest BCUT2D eigenvalue weighted by atomic mass is 9.63. The Morgan fingerprint density at radius 3 is 2.19 bits per heavy atom. The van der Waals surface area contributed by atoms with E-state index in [0.29, 0.717) is 31.6 Å². The Bertz CT molecular complexity index is 1060. The second kappa shape index (κ2) is 7.08. The molecule has 0 atom stereocenters. The number of hydrogen-bond donors (Lipinski definition) is 0. The quantitative estimate of drug-likeness (QED) is 0.709. The maximum atomic E-state index is 13.2. The van der Waals surface area contributed by atoms with E-state index in [1.165, 1.54) is 12.3 Å². The summed E-state index contributed by atoms with van der Waals surface area (Å²) >= 11 is 0. The molecule has 1 aromatic carbocycles. The summed E-state index contributed by atoms with van der Waals surface area (Å²) in [6, 6.07) is 6.80. The highest BCUT2D eigenvalue weighted by molar-refractivity contribution is 6.11. The molecule has 1 aromatic heterocycles. The van der Waals surface area contributed by atoms with Crippen LogP contribution in [0.3, 0.4) is 0 Å². The number of carbonyl (C=O) groups is 3. The van der Waals surface area contributed by atoms with Crippen LogP contribution in [0.1, 0.15) is 48.3 Å². The van der Waals surface area contributed by atoms with Gasteiger partial charge >= 0.3 is 0 Å². The molecule has 1 spiro atoms. The van der Waals surface area contributed by atoms with Gasteiger partial charge in [0, 0.05) is 42.8 Å². The van der Waals surface area contributed by atoms with Crippen molar-refractivity contribution in [3.05, 3.63) is 53.0 Å². The first-order valence-corrected chi connectivity index (χ1v) is 10.8. The van der Waals surface area contributed by atoms with Crippen LogP contribution in [-0.2, 0) is 14.4 Å².